The molecular formula is C20H18N2O2S. The van der Waals surface area contributed by atoms with E-state index < -0.39 is 0 Å². The smallest absolute Gasteiger partial charge is 0.231 e. The molecule has 0 spiro atoms. The average Bonchev–Trinajstić information content (AvgIpc) is 3.20. The van der Waals surface area contributed by atoms with E-state index in [2.05, 4.69) is 23.6 Å². The molecule has 1 aromatic heterocycles. The standard InChI is InChI=1S/C20H18N2O2S/c1-22-18-8-5-14(10-15(18)11-20(22)23)17-12-25-19(21-17)9-13-3-6-16(24-2)7-4-13/h3-8,10,12H,9,11H2,1-2H3. The van der Waals surface area contributed by atoms with Gasteiger partial charge in [0.15, 0.2) is 0 Å². The Bertz CT molecular complexity index is 931. The van der Waals surface area contributed by atoms with E-state index in [1.807, 2.05) is 31.3 Å². The minimum absolute atomic E-state index is 0.144. The third kappa shape index (κ3) is 3.03. The number of thiazole rings is 1. The van der Waals surface area contributed by atoms with Crippen LogP contribution in [0.25, 0.3) is 11.3 Å². The lowest BCUT2D eigenvalue weighted by molar-refractivity contribution is -0.117. The quantitative estimate of drug-likeness (QED) is 0.716. The van der Waals surface area contributed by atoms with E-state index >= 15 is 0 Å². The third-order valence-corrected chi connectivity index (χ3v) is 5.37. The van der Waals surface area contributed by atoms with Crippen LogP contribution in [0.1, 0.15) is 16.1 Å². The van der Waals surface area contributed by atoms with Crippen molar-refractivity contribution in [1.82, 2.24) is 4.98 Å². The molecule has 0 fully saturated rings. The summed E-state index contributed by atoms with van der Waals surface area (Å²) in [6, 6.07) is 14.2. The molecule has 4 nitrogen and oxygen atoms in total. The maximum absolute atomic E-state index is 11.8. The van der Waals surface area contributed by atoms with Gasteiger partial charge in [-0.15, -0.1) is 11.3 Å². The topological polar surface area (TPSA) is 42.4 Å². The Morgan fingerprint density at radius 1 is 1.20 bits per heavy atom. The zero-order valence-corrected chi connectivity index (χ0v) is 15.0. The van der Waals surface area contributed by atoms with E-state index in [-0.39, 0.29) is 5.91 Å². The molecule has 3 aromatic rings. The van der Waals surface area contributed by atoms with Crippen LogP contribution in [-0.2, 0) is 17.6 Å². The van der Waals surface area contributed by atoms with Gasteiger partial charge < -0.3 is 9.64 Å². The normalized spacial score (nSPS) is 13.2. The Morgan fingerprint density at radius 3 is 2.76 bits per heavy atom. The summed E-state index contributed by atoms with van der Waals surface area (Å²) >= 11 is 1.66. The predicted molar refractivity (Wildman–Crippen MR) is 100 cm³/mol. The molecule has 4 rings (SSSR count). The SMILES string of the molecule is COc1ccc(Cc2nc(-c3ccc4c(c3)CC(=O)N4C)cs2)cc1. The van der Waals surface area contributed by atoms with Crippen LogP contribution in [0, 0.1) is 0 Å². The van der Waals surface area contributed by atoms with Crippen LogP contribution < -0.4 is 9.64 Å². The second-order valence-electron chi connectivity index (χ2n) is 6.12. The van der Waals surface area contributed by atoms with Crippen LogP contribution >= 0.6 is 11.3 Å². The Labute approximate surface area is 150 Å². The summed E-state index contributed by atoms with van der Waals surface area (Å²) < 4.78 is 5.19. The first kappa shape index (κ1) is 15.8. The molecule has 0 bridgehead atoms. The van der Waals surface area contributed by atoms with Crippen LogP contribution in [-0.4, -0.2) is 25.0 Å². The van der Waals surface area contributed by atoms with Gasteiger partial charge in [0, 0.05) is 30.1 Å². The number of methoxy groups -OCH3 is 1. The van der Waals surface area contributed by atoms with Crippen molar-refractivity contribution in [2.24, 2.45) is 0 Å². The van der Waals surface area contributed by atoms with Crippen molar-refractivity contribution in [3.8, 4) is 17.0 Å². The Kier molecular flexibility index (Phi) is 4.01. The number of hydrogen-bond donors (Lipinski definition) is 0. The van der Waals surface area contributed by atoms with Gasteiger partial charge in [-0.05, 0) is 35.4 Å². The number of ether oxygens (including phenoxy) is 1. The van der Waals surface area contributed by atoms with E-state index in [1.54, 1.807) is 23.3 Å². The van der Waals surface area contributed by atoms with Crippen LogP contribution in [0.4, 0.5) is 5.69 Å². The van der Waals surface area contributed by atoms with Gasteiger partial charge in [0.2, 0.25) is 5.91 Å². The lowest BCUT2D eigenvalue weighted by Crippen LogP contribution is -2.20. The summed E-state index contributed by atoms with van der Waals surface area (Å²) in [4.78, 5) is 18.3. The lowest BCUT2D eigenvalue weighted by atomic mass is 10.1. The second kappa shape index (κ2) is 6.33. The van der Waals surface area contributed by atoms with Gasteiger partial charge in [-0.2, -0.15) is 0 Å². The number of carbonyl (C=O) groups is 1. The molecule has 0 saturated heterocycles. The highest BCUT2D eigenvalue weighted by atomic mass is 32.1. The van der Waals surface area contributed by atoms with Crippen molar-refractivity contribution >= 4 is 22.9 Å². The fourth-order valence-electron chi connectivity index (χ4n) is 3.07. The van der Waals surface area contributed by atoms with Crippen molar-refractivity contribution < 1.29 is 9.53 Å². The van der Waals surface area contributed by atoms with Crippen molar-refractivity contribution in [3.05, 3.63) is 64.0 Å². The van der Waals surface area contributed by atoms with Gasteiger partial charge in [-0.1, -0.05) is 18.2 Å². The summed E-state index contributed by atoms with van der Waals surface area (Å²) in [7, 11) is 3.49. The highest BCUT2D eigenvalue weighted by molar-refractivity contribution is 7.10. The highest BCUT2D eigenvalue weighted by Gasteiger charge is 2.24. The number of rotatable bonds is 4. The number of hydrogen-bond acceptors (Lipinski definition) is 4. The van der Waals surface area contributed by atoms with Gasteiger partial charge >= 0.3 is 0 Å². The molecule has 25 heavy (non-hydrogen) atoms. The van der Waals surface area contributed by atoms with Crippen molar-refractivity contribution in [1.29, 1.82) is 0 Å². The number of carbonyl (C=O) groups excluding carboxylic acids is 1. The van der Waals surface area contributed by atoms with Gasteiger partial charge in [0.25, 0.3) is 0 Å². The summed E-state index contributed by atoms with van der Waals surface area (Å²) in [5.41, 5.74) is 5.33. The highest BCUT2D eigenvalue weighted by Crippen LogP contribution is 2.32. The molecule has 5 heteroatoms. The average molecular weight is 350 g/mol. The molecule has 1 aliphatic heterocycles. The molecule has 0 N–H and O–H groups in total. The summed E-state index contributed by atoms with van der Waals surface area (Å²) in [6.07, 6.45) is 1.28. The van der Waals surface area contributed by atoms with E-state index in [0.29, 0.717) is 6.42 Å². The van der Waals surface area contributed by atoms with E-state index in [1.165, 1.54) is 5.56 Å². The van der Waals surface area contributed by atoms with Gasteiger partial charge in [0.1, 0.15) is 5.75 Å². The maximum atomic E-state index is 11.8. The fourth-order valence-corrected chi connectivity index (χ4v) is 3.91. The summed E-state index contributed by atoms with van der Waals surface area (Å²) in [5.74, 6) is 1.01. The number of aromatic nitrogens is 1. The minimum atomic E-state index is 0.144. The molecule has 0 saturated carbocycles. The molecular weight excluding hydrogens is 332 g/mol. The molecule has 0 aliphatic carbocycles. The first-order chi connectivity index (χ1) is 12.1. The largest absolute Gasteiger partial charge is 0.497 e. The van der Waals surface area contributed by atoms with Gasteiger partial charge in [-0.25, -0.2) is 4.98 Å². The second-order valence-corrected chi connectivity index (χ2v) is 7.07. The molecule has 1 amide bonds. The molecule has 0 atom stereocenters. The first-order valence-corrected chi connectivity index (χ1v) is 8.99. The molecule has 1 aliphatic rings. The first-order valence-electron chi connectivity index (χ1n) is 8.11. The molecule has 126 valence electrons. The zero-order chi connectivity index (χ0) is 17.4. The van der Waals surface area contributed by atoms with Crippen molar-refractivity contribution in [2.45, 2.75) is 12.8 Å². The lowest BCUT2D eigenvalue weighted by Gasteiger charge is -2.09. The third-order valence-electron chi connectivity index (χ3n) is 4.52. The van der Waals surface area contributed by atoms with Crippen LogP contribution in [0.2, 0.25) is 0 Å². The summed E-state index contributed by atoms with van der Waals surface area (Å²) in [6.45, 7) is 0. The van der Waals surface area contributed by atoms with Crippen molar-refractivity contribution in [2.75, 3.05) is 19.1 Å². The monoisotopic (exact) mass is 350 g/mol. The van der Waals surface area contributed by atoms with Gasteiger partial charge in [0.05, 0.1) is 24.2 Å². The van der Waals surface area contributed by atoms with E-state index in [9.17, 15) is 4.79 Å². The zero-order valence-electron chi connectivity index (χ0n) is 14.2. The van der Waals surface area contributed by atoms with Crippen molar-refractivity contribution in [3.63, 3.8) is 0 Å². The number of amides is 1. The molecule has 2 heterocycles. The number of fused-ring (bicyclic) bond motifs is 1. The van der Waals surface area contributed by atoms with Crippen LogP contribution in [0.15, 0.2) is 47.8 Å². The number of benzene rings is 2. The van der Waals surface area contributed by atoms with Crippen LogP contribution in [0.3, 0.4) is 0 Å². The molecule has 0 radical (unpaired) electrons. The number of anilines is 1. The fraction of sp³-hybridized carbons (Fsp3) is 0.200. The van der Waals surface area contributed by atoms with E-state index in [4.69, 9.17) is 9.72 Å². The predicted octanol–water partition coefficient (Wildman–Crippen LogP) is 3.93. The molecule has 0 unspecified atom stereocenters. The Morgan fingerprint density at radius 2 is 2.00 bits per heavy atom. The van der Waals surface area contributed by atoms with Crippen LogP contribution in [0.5, 0.6) is 5.75 Å². The number of nitrogens with zero attached hydrogens (tertiary/aromatic N) is 2. The summed E-state index contributed by atoms with van der Waals surface area (Å²) in [5, 5.41) is 3.16. The Balaban J connectivity index is 1.55. The maximum Gasteiger partial charge on any atom is 0.231 e. The Hall–Kier alpha value is -2.66. The minimum Gasteiger partial charge on any atom is -0.497 e. The van der Waals surface area contributed by atoms with Gasteiger partial charge in [-0.3, -0.25) is 4.79 Å². The molecule has 2 aromatic carbocycles. The number of likely N-dealkylation sites (N-methyl/N-ethyl adjacent to an activating group) is 1. The van der Waals surface area contributed by atoms with E-state index in [0.717, 1.165) is 39.7 Å².